The Hall–Kier alpha value is -2.53. The molecular formula is C19H22N2O3. The van der Waals surface area contributed by atoms with Crippen LogP contribution >= 0.6 is 0 Å². The number of aliphatic hydroxyl groups excluding tert-OH is 1. The summed E-state index contributed by atoms with van der Waals surface area (Å²) < 4.78 is 13.2. The van der Waals surface area contributed by atoms with E-state index in [1.807, 2.05) is 60.0 Å². The highest BCUT2D eigenvalue weighted by molar-refractivity contribution is 5.76. The predicted molar refractivity (Wildman–Crippen MR) is 93.5 cm³/mol. The third-order valence-electron chi connectivity index (χ3n) is 4.01. The zero-order valence-corrected chi connectivity index (χ0v) is 14.0. The van der Waals surface area contributed by atoms with E-state index in [0.29, 0.717) is 36.9 Å². The van der Waals surface area contributed by atoms with Gasteiger partial charge in [-0.2, -0.15) is 0 Å². The molecule has 1 heterocycles. The summed E-state index contributed by atoms with van der Waals surface area (Å²) in [6.45, 7) is 3.01. The highest BCUT2D eigenvalue weighted by atomic mass is 16.5. The average Bonchev–Trinajstić information content (AvgIpc) is 3.00. The van der Waals surface area contributed by atoms with Gasteiger partial charge in [0.2, 0.25) is 0 Å². The molecule has 1 atom stereocenters. The normalized spacial score (nSPS) is 12.3. The molecule has 5 heteroatoms. The maximum Gasteiger partial charge on any atom is 0.161 e. The predicted octanol–water partition coefficient (Wildman–Crippen LogP) is 3.57. The molecule has 0 bridgehead atoms. The SMILES string of the molecule is CCC(O)c1nc2ccccc2n1CCOc1ccccc1OC. The van der Waals surface area contributed by atoms with Gasteiger partial charge in [0.05, 0.1) is 24.7 Å². The molecule has 0 amide bonds. The van der Waals surface area contributed by atoms with Crippen LogP contribution in [0.25, 0.3) is 11.0 Å². The molecule has 0 radical (unpaired) electrons. The summed E-state index contributed by atoms with van der Waals surface area (Å²) in [5.74, 6) is 2.10. The van der Waals surface area contributed by atoms with Crippen LogP contribution in [0.1, 0.15) is 25.3 Å². The van der Waals surface area contributed by atoms with Crippen molar-refractivity contribution < 1.29 is 14.6 Å². The van der Waals surface area contributed by atoms with Crippen LogP contribution in [0.2, 0.25) is 0 Å². The first-order valence-corrected chi connectivity index (χ1v) is 8.13. The summed E-state index contributed by atoms with van der Waals surface area (Å²) in [6, 6.07) is 15.5. The van der Waals surface area contributed by atoms with Gasteiger partial charge in [0.15, 0.2) is 11.5 Å². The fraction of sp³-hybridized carbons (Fsp3) is 0.316. The van der Waals surface area contributed by atoms with Crippen molar-refractivity contribution >= 4 is 11.0 Å². The quantitative estimate of drug-likeness (QED) is 0.721. The van der Waals surface area contributed by atoms with E-state index >= 15 is 0 Å². The Morgan fingerprint density at radius 3 is 2.54 bits per heavy atom. The molecule has 0 aliphatic heterocycles. The minimum atomic E-state index is -0.580. The van der Waals surface area contributed by atoms with Crippen molar-refractivity contribution in [1.82, 2.24) is 9.55 Å². The van der Waals surface area contributed by atoms with Crippen molar-refractivity contribution in [2.45, 2.75) is 26.0 Å². The van der Waals surface area contributed by atoms with Crippen molar-refractivity contribution in [2.75, 3.05) is 13.7 Å². The molecule has 126 valence electrons. The number of methoxy groups -OCH3 is 1. The maximum atomic E-state index is 10.3. The number of aliphatic hydroxyl groups is 1. The van der Waals surface area contributed by atoms with Gasteiger partial charge >= 0.3 is 0 Å². The van der Waals surface area contributed by atoms with Gasteiger partial charge in [-0.3, -0.25) is 0 Å². The smallest absolute Gasteiger partial charge is 0.161 e. The monoisotopic (exact) mass is 326 g/mol. The fourth-order valence-corrected chi connectivity index (χ4v) is 2.75. The highest BCUT2D eigenvalue weighted by Crippen LogP contribution is 2.26. The maximum absolute atomic E-state index is 10.3. The number of imidazole rings is 1. The molecule has 0 saturated heterocycles. The van der Waals surface area contributed by atoms with Gasteiger partial charge in [-0.25, -0.2) is 4.98 Å². The topological polar surface area (TPSA) is 56.5 Å². The molecule has 0 spiro atoms. The second kappa shape index (κ2) is 7.36. The van der Waals surface area contributed by atoms with Gasteiger partial charge < -0.3 is 19.1 Å². The summed E-state index contributed by atoms with van der Waals surface area (Å²) in [5.41, 5.74) is 1.89. The molecule has 1 unspecified atom stereocenters. The van der Waals surface area contributed by atoms with Crippen molar-refractivity contribution in [1.29, 1.82) is 0 Å². The molecule has 5 nitrogen and oxygen atoms in total. The van der Waals surface area contributed by atoms with Crippen LogP contribution in [-0.2, 0) is 6.54 Å². The molecule has 2 aromatic carbocycles. The molecule has 1 N–H and O–H groups in total. The Morgan fingerprint density at radius 2 is 1.79 bits per heavy atom. The van der Waals surface area contributed by atoms with Crippen LogP contribution in [0.15, 0.2) is 48.5 Å². The third kappa shape index (κ3) is 3.21. The Balaban J connectivity index is 1.81. The van der Waals surface area contributed by atoms with Crippen LogP contribution in [0.4, 0.5) is 0 Å². The number of rotatable bonds is 7. The first kappa shape index (κ1) is 16.3. The summed E-state index contributed by atoms with van der Waals surface area (Å²) in [5, 5.41) is 10.3. The number of fused-ring (bicyclic) bond motifs is 1. The lowest BCUT2D eigenvalue weighted by molar-refractivity contribution is 0.157. The van der Waals surface area contributed by atoms with Crippen LogP contribution in [0.5, 0.6) is 11.5 Å². The number of aromatic nitrogens is 2. The lowest BCUT2D eigenvalue weighted by atomic mass is 10.2. The van der Waals surface area contributed by atoms with E-state index in [0.717, 1.165) is 11.0 Å². The zero-order valence-electron chi connectivity index (χ0n) is 14.0. The Morgan fingerprint density at radius 1 is 1.08 bits per heavy atom. The van der Waals surface area contributed by atoms with Crippen LogP contribution in [0, 0.1) is 0 Å². The summed E-state index contributed by atoms with van der Waals surface area (Å²) in [6.07, 6.45) is 0.0418. The highest BCUT2D eigenvalue weighted by Gasteiger charge is 2.16. The molecular weight excluding hydrogens is 304 g/mol. The van der Waals surface area contributed by atoms with Crippen molar-refractivity contribution in [3.05, 3.63) is 54.4 Å². The van der Waals surface area contributed by atoms with E-state index in [9.17, 15) is 5.11 Å². The van der Waals surface area contributed by atoms with E-state index in [2.05, 4.69) is 4.98 Å². The van der Waals surface area contributed by atoms with E-state index in [1.54, 1.807) is 7.11 Å². The molecule has 3 rings (SSSR count). The summed E-state index contributed by atoms with van der Waals surface area (Å²) >= 11 is 0. The summed E-state index contributed by atoms with van der Waals surface area (Å²) in [4.78, 5) is 4.58. The molecule has 1 aromatic heterocycles. The van der Waals surface area contributed by atoms with Gasteiger partial charge in [-0.15, -0.1) is 0 Å². The molecule has 0 aliphatic carbocycles. The lowest BCUT2D eigenvalue weighted by Gasteiger charge is -2.14. The lowest BCUT2D eigenvalue weighted by Crippen LogP contribution is -2.14. The van der Waals surface area contributed by atoms with Crippen molar-refractivity contribution in [2.24, 2.45) is 0 Å². The summed E-state index contributed by atoms with van der Waals surface area (Å²) in [7, 11) is 1.63. The Kier molecular flexibility index (Phi) is 5.01. The van der Waals surface area contributed by atoms with Crippen LogP contribution in [0.3, 0.4) is 0 Å². The molecule has 3 aromatic rings. The molecule has 0 aliphatic rings. The first-order chi connectivity index (χ1) is 11.7. The minimum absolute atomic E-state index is 0.462. The number of para-hydroxylation sites is 4. The van der Waals surface area contributed by atoms with E-state index in [-0.39, 0.29) is 0 Å². The molecule has 0 saturated carbocycles. The van der Waals surface area contributed by atoms with Crippen molar-refractivity contribution in [3.63, 3.8) is 0 Å². The molecule has 24 heavy (non-hydrogen) atoms. The number of nitrogens with zero attached hydrogens (tertiary/aromatic N) is 2. The Bertz CT molecular complexity index is 813. The van der Waals surface area contributed by atoms with Gasteiger partial charge in [0.25, 0.3) is 0 Å². The minimum Gasteiger partial charge on any atom is -0.493 e. The second-order valence-corrected chi connectivity index (χ2v) is 5.53. The van der Waals surface area contributed by atoms with E-state index in [4.69, 9.17) is 9.47 Å². The first-order valence-electron chi connectivity index (χ1n) is 8.13. The van der Waals surface area contributed by atoms with E-state index in [1.165, 1.54) is 0 Å². The number of benzene rings is 2. The van der Waals surface area contributed by atoms with Crippen LogP contribution < -0.4 is 9.47 Å². The van der Waals surface area contributed by atoms with Gasteiger partial charge in [-0.1, -0.05) is 31.2 Å². The third-order valence-corrected chi connectivity index (χ3v) is 4.01. The average molecular weight is 326 g/mol. The standard InChI is InChI=1S/C19H22N2O3/c1-3-16(22)19-20-14-8-4-5-9-15(14)21(19)12-13-24-18-11-7-6-10-17(18)23-2/h4-11,16,22H,3,12-13H2,1-2H3. The largest absolute Gasteiger partial charge is 0.493 e. The second-order valence-electron chi connectivity index (χ2n) is 5.53. The van der Waals surface area contributed by atoms with E-state index < -0.39 is 6.10 Å². The zero-order chi connectivity index (χ0) is 16.9. The van der Waals surface area contributed by atoms with Crippen molar-refractivity contribution in [3.8, 4) is 11.5 Å². The van der Waals surface area contributed by atoms with Gasteiger partial charge in [0, 0.05) is 0 Å². The van der Waals surface area contributed by atoms with Crippen LogP contribution in [-0.4, -0.2) is 28.4 Å². The number of hydrogen-bond acceptors (Lipinski definition) is 4. The number of hydrogen-bond donors (Lipinski definition) is 1. The Labute approximate surface area is 141 Å². The van der Waals surface area contributed by atoms with Gasteiger partial charge in [0.1, 0.15) is 18.5 Å². The fourth-order valence-electron chi connectivity index (χ4n) is 2.75. The van der Waals surface area contributed by atoms with Gasteiger partial charge in [-0.05, 0) is 30.7 Å². The number of ether oxygens (including phenoxy) is 2. The molecule has 0 fully saturated rings.